The zero-order valence-corrected chi connectivity index (χ0v) is 11.5. The number of aromatic nitrogens is 4. The van der Waals surface area contributed by atoms with Crippen LogP contribution < -0.4 is 4.74 Å². The highest BCUT2D eigenvalue weighted by Gasteiger charge is 2.24. The highest BCUT2D eigenvalue weighted by atomic mass is 16.5. The molecule has 1 aliphatic carbocycles. The molecule has 0 radical (unpaired) electrons. The molecular weight excluding hydrogens is 284 g/mol. The Bertz CT molecular complexity index is 870. The van der Waals surface area contributed by atoms with Crippen LogP contribution >= 0.6 is 0 Å². The highest BCUT2D eigenvalue weighted by molar-refractivity contribution is 5.89. The van der Waals surface area contributed by atoms with Gasteiger partial charge in [0.1, 0.15) is 12.1 Å². The van der Waals surface area contributed by atoms with E-state index in [1.165, 1.54) is 30.9 Å². The predicted molar refractivity (Wildman–Crippen MR) is 76.2 cm³/mol. The van der Waals surface area contributed by atoms with E-state index in [1.54, 1.807) is 6.07 Å². The summed E-state index contributed by atoms with van der Waals surface area (Å²) in [6.07, 6.45) is 5.00. The van der Waals surface area contributed by atoms with Crippen LogP contribution in [-0.2, 0) is 0 Å². The molecule has 1 fully saturated rings. The van der Waals surface area contributed by atoms with Crippen LogP contribution in [0.5, 0.6) is 11.5 Å². The number of hydrogen-bond acceptors (Lipinski definition) is 5. The molecule has 0 aliphatic heterocycles. The van der Waals surface area contributed by atoms with Gasteiger partial charge in [-0.15, -0.1) is 0 Å². The zero-order valence-electron chi connectivity index (χ0n) is 11.5. The zero-order chi connectivity index (χ0) is 15.1. The maximum atomic E-state index is 11.5. The van der Waals surface area contributed by atoms with Gasteiger partial charge in [0.05, 0.1) is 6.20 Å². The summed E-state index contributed by atoms with van der Waals surface area (Å²) in [5.41, 5.74) is 1.11. The fraction of sp³-hybridized carbons (Fsp3) is 0.200. The lowest BCUT2D eigenvalue weighted by molar-refractivity contribution is 0.0684. The number of nitrogens with zero attached hydrogens (tertiary/aromatic N) is 4. The molecule has 22 heavy (non-hydrogen) atoms. The van der Waals surface area contributed by atoms with Crippen LogP contribution in [0.25, 0.3) is 5.78 Å². The Labute approximate surface area is 125 Å². The van der Waals surface area contributed by atoms with Crippen molar-refractivity contribution in [3.05, 3.63) is 48.0 Å². The maximum Gasteiger partial charge on any atom is 0.358 e. The van der Waals surface area contributed by atoms with Crippen molar-refractivity contribution in [3.8, 4) is 11.5 Å². The highest BCUT2D eigenvalue weighted by Crippen LogP contribution is 2.41. The molecule has 0 spiro atoms. The third-order valence-electron chi connectivity index (χ3n) is 3.61. The second kappa shape index (κ2) is 4.80. The Morgan fingerprint density at radius 1 is 1.32 bits per heavy atom. The smallest absolute Gasteiger partial charge is 0.358 e. The van der Waals surface area contributed by atoms with Crippen molar-refractivity contribution >= 4 is 11.7 Å². The lowest BCUT2D eigenvalue weighted by Gasteiger charge is -2.10. The van der Waals surface area contributed by atoms with Crippen molar-refractivity contribution in [1.82, 2.24) is 19.6 Å². The molecule has 1 aromatic carbocycles. The standard InChI is InChI=1S/C15H12N4O3/c20-14(21)13-12(7-16-15-17-8-18-19(13)15)22-11-3-1-2-10(6-11)9-4-5-9/h1-3,6-9H,4-5H2,(H,20,21). The molecule has 1 aliphatic rings. The Morgan fingerprint density at radius 3 is 2.95 bits per heavy atom. The summed E-state index contributed by atoms with van der Waals surface area (Å²) < 4.78 is 6.89. The lowest BCUT2D eigenvalue weighted by atomic mass is 10.1. The van der Waals surface area contributed by atoms with Gasteiger partial charge in [0.15, 0.2) is 11.4 Å². The Morgan fingerprint density at radius 2 is 2.18 bits per heavy atom. The fourth-order valence-electron chi connectivity index (χ4n) is 2.41. The summed E-state index contributed by atoms with van der Waals surface area (Å²) in [6, 6.07) is 7.70. The minimum atomic E-state index is -1.15. The van der Waals surface area contributed by atoms with Crippen molar-refractivity contribution in [2.45, 2.75) is 18.8 Å². The van der Waals surface area contributed by atoms with Gasteiger partial charge in [-0.3, -0.25) is 0 Å². The number of carboxylic acids is 1. The van der Waals surface area contributed by atoms with Gasteiger partial charge >= 0.3 is 5.97 Å². The minimum absolute atomic E-state index is 0.0978. The van der Waals surface area contributed by atoms with Crippen molar-refractivity contribution in [3.63, 3.8) is 0 Å². The molecule has 7 nitrogen and oxygen atoms in total. The number of benzene rings is 1. The largest absolute Gasteiger partial charge is 0.476 e. The Kier molecular flexibility index (Phi) is 2.78. The molecule has 0 unspecified atom stereocenters. The number of ether oxygens (including phenoxy) is 1. The number of rotatable bonds is 4. The number of aromatic carboxylic acids is 1. The van der Waals surface area contributed by atoms with E-state index in [1.807, 2.05) is 12.1 Å². The molecule has 7 heteroatoms. The van der Waals surface area contributed by atoms with Gasteiger partial charge in [0.2, 0.25) is 0 Å². The van der Waals surface area contributed by atoms with Crippen molar-refractivity contribution in [2.24, 2.45) is 0 Å². The first kappa shape index (κ1) is 12.8. The fourth-order valence-corrected chi connectivity index (χ4v) is 2.41. The molecule has 1 N–H and O–H groups in total. The molecule has 0 amide bonds. The molecule has 3 aromatic rings. The van der Waals surface area contributed by atoms with Gasteiger partial charge in [-0.2, -0.15) is 14.6 Å². The Hall–Kier alpha value is -2.96. The molecule has 1 saturated carbocycles. The van der Waals surface area contributed by atoms with Crippen LogP contribution in [0.3, 0.4) is 0 Å². The van der Waals surface area contributed by atoms with Gasteiger partial charge in [-0.1, -0.05) is 12.1 Å². The van der Waals surface area contributed by atoms with Gasteiger partial charge in [0.25, 0.3) is 5.78 Å². The van der Waals surface area contributed by atoms with E-state index in [-0.39, 0.29) is 17.2 Å². The number of carbonyl (C=O) groups is 1. The summed E-state index contributed by atoms with van der Waals surface area (Å²) in [4.78, 5) is 19.4. The molecule has 2 heterocycles. The molecular formula is C15H12N4O3. The van der Waals surface area contributed by atoms with Gasteiger partial charge in [-0.05, 0) is 36.5 Å². The van der Waals surface area contributed by atoms with E-state index in [0.717, 1.165) is 4.52 Å². The summed E-state index contributed by atoms with van der Waals surface area (Å²) in [5, 5.41) is 13.3. The monoisotopic (exact) mass is 296 g/mol. The van der Waals surface area contributed by atoms with E-state index in [0.29, 0.717) is 11.7 Å². The quantitative estimate of drug-likeness (QED) is 0.795. The summed E-state index contributed by atoms with van der Waals surface area (Å²) in [7, 11) is 0. The Balaban J connectivity index is 1.76. The lowest BCUT2D eigenvalue weighted by Crippen LogP contribution is -2.10. The molecule has 0 saturated heterocycles. The molecule has 110 valence electrons. The van der Waals surface area contributed by atoms with Crippen LogP contribution in [0.1, 0.15) is 34.8 Å². The van der Waals surface area contributed by atoms with E-state index in [9.17, 15) is 9.90 Å². The second-order valence-corrected chi connectivity index (χ2v) is 5.20. The van der Waals surface area contributed by atoms with Gasteiger partial charge in [0, 0.05) is 0 Å². The van der Waals surface area contributed by atoms with Gasteiger partial charge in [-0.25, -0.2) is 9.78 Å². The first-order valence-corrected chi connectivity index (χ1v) is 6.92. The van der Waals surface area contributed by atoms with Gasteiger partial charge < -0.3 is 9.84 Å². The first-order valence-electron chi connectivity index (χ1n) is 6.92. The second-order valence-electron chi connectivity index (χ2n) is 5.20. The van der Waals surface area contributed by atoms with E-state index < -0.39 is 5.97 Å². The van der Waals surface area contributed by atoms with E-state index >= 15 is 0 Å². The first-order chi connectivity index (χ1) is 10.7. The third-order valence-corrected chi connectivity index (χ3v) is 3.61. The van der Waals surface area contributed by atoms with Crippen LogP contribution in [0.4, 0.5) is 0 Å². The van der Waals surface area contributed by atoms with Crippen molar-refractivity contribution in [2.75, 3.05) is 0 Å². The molecule has 2 aromatic heterocycles. The van der Waals surface area contributed by atoms with Crippen LogP contribution in [0.2, 0.25) is 0 Å². The molecule has 4 rings (SSSR count). The molecule has 0 bridgehead atoms. The van der Waals surface area contributed by atoms with Crippen molar-refractivity contribution in [1.29, 1.82) is 0 Å². The van der Waals surface area contributed by atoms with E-state index in [4.69, 9.17) is 4.74 Å². The third kappa shape index (κ3) is 2.16. The van der Waals surface area contributed by atoms with Crippen molar-refractivity contribution < 1.29 is 14.6 Å². The minimum Gasteiger partial charge on any atom is -0.476 e. The number of fused-ring (bicyclic) bond motifs is 1. The van der Waals surface area contributed by atoms with Crippen LogP contribution in [-0.4, -0.2) is 30.7 Å². The van der Waals surface area contributed by atoms with Crippen LogP contribution in [0, 0.1) is 0 Å². The average Bonchev–Trinajstić information content (AvgIpc) is 3.25. The SMILES string of the molecule is O=C(O)c1c(Oc2cccc(C3CC3)c2)cnc2ncnn12. The normalized spacial score (nSPS) is 14.2. The average molecular weight is 296 g/mol. The summed E-state index contributed by atoms with van der Waals surface area (Å²) in [6.45, 7) is 0. The van der Waals surface area contributed by atoms with Crippen LogP contribution in [0.15, 0.2) is 36.8 Å². The summed E-state index contributed by atoms with van der Waals surface area (Å²) in [5.74, 6) is 0.396. The molecule has 0 atom stereocenters. The number of carboxylic acid groups (broad SMARTS) is 1. The predicted octanol–water partition coefficient (Wildman–Crippen LogP) is 2.49. The number of hydrogen-bond donors (Lipinski definition) is 1. The maximum absolute atomic E-state index is 11.5. The summed E-state index contributed by atoms with van der Waals surface area (Å²) >= 11 is 0. The topological polar surface area (TPSA) is 89.6 Å². The van der Waals surface area contributed by atoms with E-state index in [2.05, 4.69) is 21.1 Å².